The van der Waals surface area contributed by atoms with Crippen LogP contribution in [0, 0.1) is 5.92 Å². The molecule has 37 heavy (non-hydrogen) atoms. The van der Waals surface area contributed by atoms with Crippen molar-refractivity contribution in [2.75, 3.05) is 39.4 Å². The van der Waals surface area contributed by atoms with Gasteiger partial charge in [-0.1, -0.05) is 18.6 Å². The van der Waals surface area contributed by atoms with Crippen LogP contribution in [0.1, 0.15) is 68.9 Å². The summed E-state index contributed by atoms with van der Waals surface area (Å²) in [5.41, 5.74) is -0.0496. The van der Waals surface area contributed by atoms with Crippen LogP contribution in [-0.2, 0) is 20.4 Å². The van der Waals surface area contributed by atoms with Crippen LogP contribution < -0.4 is 0 Å². The Morgan fingerprint density at radius 3 is 2.35 bits per heavy atom. The molecule has 206 valence electrons. The van der Waals surface area contributed by atoms with Crippen LogP contribution in [0.5, 0.6) is 0 Å². The van der Waals surface area contributed by atoms with Gasteiger partial charge in [-0.05, 0) is 82.3 Å². The summed E-state index contributed by atoms with van der Waals surface area (Å²) in [6.45, 7) is 5.75. The standard InChI is InChI=1S/C28H39F3N2O4/c1-2-36-27-23(7-6-18-34)24(20-8-10-21(11-9-20)28(29,30)31)19-25(37-27)26(35)33-16-12-22(13-17-33)32-14-4-3-5-15-32/h8-11,19,22-24,27,34H,2-7,12-18H2,1H3/t23-,24-,27-/m1/s1. The Labute approximate surface area is 217 Å². The zero-order valence-electron chi connectivity index (χ0n) is 21.6. The number of hydrogen-bond acceptors (Lipinski definition) is 5. The number of alkyl halides is 3. The van der Waals surface area contributed by atoms with Crippen LogP contribution in [0.3, 0.4) is 0 Å². The molecule has 6 nitrogen and oxygen atoms in total. The van der Waals surface area contributed by atoms with E-state index in [4.69, 9.17) is 9.47 Å². The fraction of sp³-hybridized carbons (Fsp3) is 0.679. The lowest BCUT2D eigenvalue weighted by atomic mass is 9.80. The van der Waals surface area contributed by atoms with Crippen LogP contribution in [0.25, 0.3) is 0 Å². The maximum atomic E-state index is 13.5. The first kappa shape index (κ1) is 27.9. The monoisotopic (exact) mass is 524 g/mol. The lowest BCUT2D eigenvalue weighted by Gasteiger charge is -2.41. The van der Waals surface area contributed by atoms with Crippen LogP contribution in [0.4, 0.5) is 13.2 Å². The quantitative estimate of drug-likeness (QED) is 0.523. The van der Waals surface area contributed by atoms with E-state index < -0.39 is 18.0 Å². The molecule has 9 heteroatoms. The molecule has 2 saturated heterocycles. The maximum absolute atomic E-state index is 13.5. The van der Waals surface area contributed by atoms with Crippen molar-refractivity contribution in [1.82, 2.24) is 9.80 Å². The van der Waals surface area contributed by atoms with Gasteiger partial charge in [0, 0.05) is 44.2 Å². The molecule has 1 N–H and O–H groups in total. The molecule has 1 aromatic carbocycles. The third kappa shape index (κ3) is 6.86. The Hall–Kier alpha value is -2.10. The molecule has 0 aliphatic carbocycles. The smallest absolute Gasteiger partial charge is 0.416 e. The number of aliphatic hydroxyl groups is 1. The maximum Gasteiger partial charge on any atom is 0.416 e. The number of likely N-dealkylation sites (tertiary alicyclic amines) is 2. The average molecular weight is 525 g/mol. The van der Waals surface area contributed by atoms with Crippen LogP contribution in [-0.4, -0.2) is 72.5 Å². The predicted molar refractivity (Wildman–Crippen MR) is 134 cm³/mol. The number of amides is 1. The lowest BCUT2D eigenvalue weighted by molar-refractivity contribution is -0.171. The zero-order valence-corrected chi connectivity index (χ0v) is 21.6. The third-order valence-corrected chi connectivity index (χ3v) is 7.90. The van der Waals surface area contributed by atoms with Crippen molar-refractivity contribution < 1.29 is 32.5 Å². The number of hydrogen-bond donors (Lipinski definition) is 1. The second-order valence-electron chi connectivity index (χ2n) is 10.3. The van der Waals surface area contributed by atoms with Crippen molar-refractivity contribution in [3.05, 3.63) is 47.2 Å². The van der Waals surface area contributed by atoms with E-state index in [2.05, 4.69) is 4.90 Å². The summed E-state index contributed by atoms with van der Waals surface area (Å²) in [5.74, 6) is -0.617. The van der Waals surface area contributed by atoms with Crippen molar-refractivity contribution >= 4 is 5.91 Å². The first-order valence-electron chi connectivity index (χ1n) is 13.6. The number of carbonyl (C=O) groups is 1. The van der Waals surface area contributed by atoms with Crippen molar-refractivity contribution in [2.24, 2.45) is 5.92 Å². The number of allylic oxidation sites excluding steroid dienone is 1. The normalized spacial score (nSPS) is 26.0. The van der Waals surface area contributed by atoms with Gasteiger partial charge in [0.1, 0.15) is 0 Å². The van der Waals surface area contributed by atoms with Gasteiger partial charge in [-0.25, -0.2) is 0 Å². The Morgan fingerprint density at radius 1 is 1.08 bits per heavy atom. The second kappa shape index (κ2) is 12.6. The molecule has 2 fully saturated rings. The number of rotatable bonds is 8. The van der Waals surface area contributed by atoms with Crippen molar-refractivity contribution in [3.63, 3.8) is 0 Å². The summed E-state index contributed by atoms with van der Waals surface area (Å²) in [5, 5.41) is 9.44. The third-order valence-electron chi connectivity index (χ3n) is 7.90. The van der Waals surface area contributed by atoms with E-state index in [9.17, 15) is 23.1 Å². The average Bonchev–Trinajstić information content (AvgIpc) is 2.92. The number of ether oxygens (including phenoxy) is 2. The highest BCUT2D eigenvalue weighted by Gasteiger charge is 2.40. The number of aliphatic hydroxyl groups excluding tert-OH is 1. The summed E-state index contributed by atoms with van der Waals surface area (Å²) in [4.78, 5) is 17.9. The van der Waals surface area contributed by atoms with Gasteiger partial charge in [0.05, 0.1) is 5.56 Å². The van der Waals surface area contributed by atoms with E-state index in [1.165, 1.54) is 31.4 Å². The Balaban J connectivity index is 1.54. The highest BCUT2D eigenvalue weighted by atomic mass is 19.4. The number of halogens is 3. The number of carbonyl (C=O) groups excluding carboxylic acids is 1. The predicted octanol–water partition coefficient (Wildman–Crippen LogP) is 4.93. The van der Waals surface area contributed by atoms with Gasteiger partial charge < -0.3 is 24.4 Å². The van der Waals surface area contributed by atoms with E-state index >= 15 is 0 Å². The van der Waals surface area contributed by atoms with Crippen LogP contribution in [0.2, 0.25) is 0 Å². The van der Waals surface area contributed by atoms with Gasteiger partial charge in [0.25, 0.3) is 5.91 Å². The molecular formula is C28H39F3N2O4. The molecule has 1 amide bonds. The highest BCUT2D eigenvalue weighted by Crippen LogP contribution is 2.41. The fourth-order valence-electron chi connectivity index (χ4n) is 5.91. The molecule has 0 aromatic heterocycles. The number of benzene rings is 1. The van der Waals surface area contributed by atoms with E-state index in [1.54, 1.807) is 6.08 Å². The van der Waals surface area contributed by atoms with Gasteiger partial charge >= 0.3 is 6.18 Å². The first-order valence-corrected chi connectivity index (χ1v) is 13.6. The van der Waals surface area contributed by atoms with Crippen molar-refractivity contribution in [2.45, 2.75) is 76.3 Å². The van der Waals surface area contributed by atoms with Gasteiger partial charge in [0.2, 0.25) is 6.29 Å². The van der Waals surface area contributed by atoms with E-state index in [-0.39, 0.29) is 30.1 Å². The minimum atomic E-state index is -4.42. The van der Waals surface area contributed by atoms with Gasteiger partial charge in [-0.15, -0.1) is 0 Å². The lowest BCUT2D eigenvalue weighted by Crippen LogP contribution is -2.49. The zero-order chi connectivity index (χ0) is 26.4. The molecule has 0 spiro atoms. The molecule has 0 saturated carbocycles. The molecule has 3 heterocycles. The van der Waals surface area contributed by atoms with Crippen LogP contribution in [0.15, 0.2) is 36.1 Å². The minimum absolute atomic E-state index is 0.0173. The minimum Gasteiger partial charge on any atom is -0.459 e. The molecule has 1 aromatic rings. The number of nitrogens with zero attached hydrogens (tertiary/aromatic N) is 2. The summed E-state index contributed by atoms with van der Waals surface area (Å²) in [6.07, 6.45) is 3.27. The molecular weight excluding hydrogens is 485 g/mol. The molecule has 4 rings (SSSR count). The molecule has 0 unspecified atom stereocenters. The van der Waals surface area contributed by atoms with E-state index in [1.807, 2.05) is 11.8 Å². The first-order chi connectivity index (χ1) is 17.8. The largest absolute Gasteiger partial charge is 0.459 e. The summed E-state index contributed by atoms with van der Waals surface area (Å²) >= 11 is 0. The highest BCUT2D eigenvalue weighted by molar-refractivity contribution is 5.92. The van der Waals surface area contributed by atoms with Crippen molar-refractivity contribution in [3.8, 4) is 0 Å². The van der Waals surface area contributed by atoms with E-state index in [0.717, 1.165) is 38.1 Å². The second-order valence-corrected chi connectivity index (χ2v) is 10.3. The van der Waals surface area contributed by atoms with Crippen LogP contribution >= 0.6 is 0 Å². The summed E-state index contributed by atoms with van der Waals surface area (Å²) < 4.78 is 51.4. The Bertz CT molecular complexity index is 907. The molecule has 3 aliphatic rings. The molecule has 0 bridgehead atoms. The topological polar surface area (TPSA) is 62.2 Å². The Kier molecular flexibility index (Phi) is 9.53. The van der Waals surface area contributed by atoms with Crippen molar-refractivity contribution in [1.29, 1.82) is 0 Å². The molecule has 3 aliphatic heterocycles. The van der Waals surface area contributed by atoms with E-state index in [0.29, 0.717) is 44.1 Å². The fourth-order valence-corrected chi connectivity index (χ4v) is 5.91. The van der Waals surface area contributed by atoms with Gasteiger partial charge in [-0.2, -0.15) is 13.2 Å². The molecule has 0 radical (unpaired) electrons. The summed E-state index contributed by atoms with van der Waals surface area (Å²) in [7, 11) is 0. The Morgan fingerprint density at radius 2 is 1.76 bits per heavy atom. The van der Waals surface area contributed by atoms with Gasteiger partial charge in [0.15, 0.2) is 5.76 Å². The molecule has 3 atom stereocenters. The SMILES string of the molecule is CCO[C@@H]1OC(C(=O)N2CCC(N3CCCCC3)CC2)=C[C@H](c2ccc(C(F)(F)F)cc2)[C@H]1CCCO. The van der Waals surface area contributed by atoms with Gasteiger partial charge in [-0.3, -0.25) is 4.79 Å². The number of piperidine rings is 2. The summed E-state index contributed by atoms with van der Waals surface area (Å²) in [6, 6.07) is 5.59.